The standard InChI is InChI=1S/C15H23BrN2O/c1-12-17-13-4-2-3-5-14(13)18(12)11-15(10-16)6-8-19-9-7-15/h2-11H2,1H3. The van der Waals surface area contributed by atoms with Crippen LogP contribution in [0.2, 0.25) is 0 Å². The molecule has 1 saturated heterocycles. The number of halogens is 1. The molecule has 0 atom stereocenters. The molecule has 0 N–H and O–H groups in total. The molecule has 0 radical (unpaired) electrons. The number of fused-ring (bicyclic) bond motifs is 1. The summed E-state index contributed by atoms with van der Waals surface area (Å²) in [5.41, 5.74) is 3.23. The number of rotatable bonds is 3. The molecule has 0 saturated carbocycles. The Hall–Kier alpha value is -0.350. The zero-order valence-electron chi connectivity index (χ0n) is 11.8. The van der Waals surface area contributed by atoms with Gasteiger partial charge in [-0.15, -0.1) is 0 Å². The van der Waals surface area contributed by atoms with Crippen molar-refractivity contribution in [2.75, 3.05) is 18.5 Å². The number of nitrogens with zero attached hydrogens (tertiary/aromatic N) is 2. The quantitative estimate of drug-likeness (QED) is 0.797. The zero-order valence-corrected chi connectivity index (χ0v) is 13.3. The third-order valence-corrected chi connectivity index (χ3v) is 5.94. The van der Waals surface area contributed by atoms with Gasteiger partial charge in [-0.05, 0) is 45.4 Å². The molecule has 0 spiro atoms. The van der Waals surface area contributed by atoms with Crippen molar-refractivity contribution in [1.29, 1.82) is 0 Å². The monoisotopic (exact) mass is 326 g/mol. The molecule has 1 aromatic heterocycles. The third-order valence-electron chi connectivity index (χ3n) is 4.75. The summed E-state index contributed by atoms with van der Waals surface area (Å²) in [6.45, 7) is 5.08. The lowest BCUT2D eigenvalue weighted by atomic mass is 9.82. The summed E-state index contributed by atoms with van der Waals surface area (Å²) in [4.78, 5) is 4.80. The maximum Gasteiger partial charge on any atom is 0.106 e. The van der Waals surface area contributed by atoms with Gasteiger partial charge in [-0.2, -0.15) is 0 Å². The van der Waals surface area contributed by atoms with Gasteiger partial charge in [0.2, 0.25) is 0 Å². The molecule has 0 unspecified atom stereocenters. The highest BCUT2D eigenvalue weighted by molar-refractivity contribution is 9.09. The maximum absolute atomic E-state index is 5.54. The minimum absolute atomic E-state index is 0.356. The zero-order chi connectivity index (χ0) is 13.3. The van der Waals surface area contributed by atoms with Crippen LogP contribution < -0.4 is 0 Å². The Morgan fingerprint density at radius 1 is 1.26 bits per heavy atom. The van der Waals surface area contributed by atoms with Gasteiger partial charge in [-0.3, -0.25) is 0 Å². The second-order valence-electron chi connectivity index (χ2n) is 6.09. The molecular weight excluding hydrogens is 304 g/mol. The number of ether oxygens (including phenoxy) is 1. The predicted molar refractivity (Wildman–Crippen MR) is 79.9 cm³/mol. The van der Waals surface area contributed by atoms with Crippen molar-refractivity contribution < 1.29 is 4.74 Å². The molecule has 3 rings (SSSR count). The number of imidazole rings is 1. The number of aromatic nitrogens is 2. The summed E-state index contributed by atoms with van der Waals surface area (Å²) < 4.78 is 8.04. The van der Waals surface area contributed by atoms with E-state index in [-0.39, 0.29) is 0 Å². The first-order valence-electron chi connectivity index (χ1n) is 7.43. The summed E-state index contributed by atoms with van der Waals surface area (Å²) >= 11 is 3.75. The fourth-order valence-corrected chi connectivity index (χ4v) is 4.16. The van der Waals surface area contributed by atoms with Crippen LogP contribution in [0.5, 0.6) is 0 Å². The van der Waals surface area contributed by atoms with Crippen LogP contribution in [0.4, 0.5) is 0 Å². The topological polar surface area (TPSA) is 27.1 Å². The SMILES string of the molecule is Cc1nc2c(n1CC1(CBr)CCOCC1)CCCC2. The molecule has 2 aliphatic rings. The summed E-state index contributed by atoms with van der Waals surface area (Å²) in [6, 6.07) is 0. The van der Waals surface area contributed by atoms with Crippen molar-refractivity contribution >= 4 is 15.9 Å². The highest BCUT2D eigenvalue weighted by atomic mass is 79.9. The summed E-state index contributed by atoms with van der Waals surface area (Å²) in [5, 5.41) is 1.07. The minimum atomic E-state index is 0.356. The molecule has 0 aromatic carbocycles. The molecule has 2 heterocycles. The van der Waals surface area contributed by atoms with Gasteiger partial charge >= 0.3 is 0 Å². The Labute approximate surface area is 123 Å². The summed E-state index contributed by atoms with van der Waals surface area (Å²) in [6.07, 6.45) is 7.33. The van der Waals surface area contributed by atoms with Crippen molar-refractivity contribution in [3.8, 4) is 0 Å². The minimum Gasteiger partial charge on any atom is -0.381 e. The van der Waals surface area contributed by atoms with Gasteiger partial charge in [-0.25, -0.2) is 4.98 Å². The third kappa shape index (κ3) is 2.62. The lowest BCUT2D eigenvalue weighted by molar-refractivity contribution is 0.0179. The van der Waals surface area contributed by atoms with E-state index in [1.54, 1.807) is 0 Å². The van der Waals surface area contributed by atoms with E-state index in [0.29, 0.717) is 5.41 Å². The van der Waals surface area contributed by atoms with E-state index in [2.05, 4.69) is 27.4 Å². The van der Waals surface area contributed by atoms with Crippen molar-refractivity contribution in [3.05, 3.63) is 17.2 Å². The highest BCUT2D eigenvalue weighted by Crippen LogP contribution is 2.36. The Morgan fingerprint density at radius 2 is 2.00 bits per heavy atom. The van der Waals surface area contributed by atoms with Crippen LogP contribution in [0.1, 0.15) is 42.9 Å². The first-order valence-corrected chi connectivity index (χ1v) is 8.55. The van der Waals surface area contributed by atoms with Gasteiger partial charge in [0.15, 0.2) is 0 Å². The van der Waals surface area contributed by atoms with E-state index in [1.165, 1.54) is 42.9 Å². The highest BCUT2D eigenvalue weighted by Gasteiger charge is 2.33. The van der Waals surface area contributed by atoms with Crippen LogP contribution in [0.25, 0.3) is 0 Å². The molecule has 1 aliphatic heterocycles. The maximum atomic E-state index is 5.54. The van der Waals surface area contributed by atoms with Gasteiger partial charge in [-0.1, -0.05) is 15.9 Å². The second-order valence-corrected chi connectivity index (χ2v) is 6.65. The van der Waals surface area contributed by atoms with E-state index < -0.39 is 0 Å². The molecule has 3 nitrogen and oxygen atoms in total. The van der Waals surface area contributed by atoms with E-state index in [0.717, 1.165) is 37.9 Å². The Balaban J connectivity index is 1.87. The predicted octanol–water partition coefficient (Wildman–Crippen LogP) is 3.26. The number of aryl methyl sites for hydroxylation is 2. The fourth-order valence-electron chi connectivity index (χ4n) is 3.42. The van der Waals surface area contributed by atoms with E-state index >= 15 is 0 Å². The first-order chi connectivity index (χ1) is 9.24. The normalized spacial score (nSPS) is 22.2. The van der Waals surface area contributed by atoms with Gasteiger partial charge in [0.25, 0.3) is 0 Å². The molecule has 0 amide bonds. The van der Waals surface area contributed by atoms with Gasteiger partial charge in [0.05, 0.1) is 5.69 Å². The van der Waals surface area contributed by atoms with Gasteiger partial charge < -0.3 is 9.30 Å². The second kappa shape index (κ2) is 5.57. The van der Waals surface area contributed by atoms with Crippen molar-refractivity contribution in [2.24, 2.45) is 5.41 Å². The lowest BCUT2D eigenvalue weighted by Crippen LogP contribution is -2.36. The Bertz CT molecular complexity index is 449. The largest absolute Gasteiger partial charge is 0.381 e. The molecule has 1 aromatic rings. The van der Waals surface area contributed by atoms with E-state index in [9.17, 15) is 0 Å². The number of alkyl halides is 1. The van der Waals surface area contributed by atoms with Gasteiger partial charge in [0.1, 0.15) is 5.82 Å². The number of hydrogen-bond acceptors (Lipinski definition) is 2. The smallest absolute Gasteiger partial charge is 0.106 e. The average molecular weight is 327 g/mol. The Kier molecular flexibility index (Phi) is 3.99. The van der Waals surface area contributed by atoms with Crippen LogP contribution in [-0.4, -0.2) is 28.1 Å². The molecular formula is C15H23BrN2O. The molecule has 106 valence electrons. The average Bonchev–Trinajstić information content (AvgIpc) is 2.76. The summed E-state index contributed by atoms with van der Waals surface area (Å²) in [5.74, 6) is 1.21. The lowest BCUT2D eigenvalue weighted by Gasteiger charge is -2.37. The molecule has 0 bridgehead atoms. The number of hydrogen-bond donors (Lipinski definition) is 0. The molecule has 19 heavy (non-hydrogen) atoms. The van der Waals surface area contributed by atoms with Crippen molar-refractivity contribution in [2.45, 2.75) is 52.0 Å². The van der Waals surface area contributed by atoms with E-state index in [1.807, 2.05) is 0 Å². The van der Waals surface area contributed by atoms with Crippen LogP contribution in [0, 0.1) is 12.3 Å². The fraction of sp³-hybridized carbons (Fsp3) is 0.800. The Morgan fingerprint density at radius 3 is 2.74 bits per heavy atom. The van der Waals surface area contributed by atoms with Crippen LogP contribution >= 0.6 is 15.9 Å². The summed E-state index contributed by atoms with van der Waals surface area (Å²) in [7, 11) is 0. The van der Waals surface area contributed by atoms with Crippen molar-refractivity contribution in [1.82, 2.24) is 9.55 Å². The van der Waals surface area contributed by atoms with Crippen molar-refractivity contribution in [3.63, 3.8) is 0 Å². The molecule has 4 heteroatoms. The van der Waals surface area contributed by atoms with Crippen LogP contribution in [0.15, 0.2) is 0 Å². The van der Waals surface area contributed by atoms with Crippen LogP contribution in [-0.2, 0) is 24.1 Å². The van der Waals surface area contributed by atoms with E-state index in [4.69, 9.17) is 9.72 Å². The van der Waals surface area contributed by atoms with Gasteiger partial charge in [0, 0.05) is 36.2 Å². The molecule has 1 aliphatic carbocycles. The molecule has 1 fully saturated rings. The first kappa shape index (κ1) is 13.6. The van der Waals surface area contributed by atoms with Crippen LogP contribution in [0.3, 0.4) is 0 Å².